The van der Waals surface area contributed by atoms with Gasteiger partial charge in [0.05, 0.1) is 10.6 Å². The standard InChI is InChI=1S/C6H14N2O2S2/c1-8(2)12(9,10)5-3-6(7)11-4-5/h5-6H,3-4,7H2,1-2H3/t5?,6-/m0/s1. The van der Waals surface area contributed by atoms with E-state index in [0.717, 1.165) is 0 Å². The van der Waals surface area contributed by atoms with Crippen LogP contribution in [0.5, 0.6) is 0 Å². The summed E-state index contributed by atoms with van der Waals surface area (Å²) in [6.45, 7) is 0. The zero-order valence-electron chi connectivity index (χ0n) is 7.23. The van der Waals surface area contributed by atoms with Gasteiger partial charge in [0.15, 0.2) is 0 Å². The molecule has 1 rings (SSSR count). The topological polar surface area (TPSA) is 63.4 Å². The van der Waals surface area contributed by atoms with Crippen molar-refractivity contribution in [1.29, 1.82) is 0 Å². The smallest absolute Gasteiger partial charge is 0.217 e. The average molecular weight is 210 g/mol. The molecular weight excluding hydrogens is 196 g/mol. The summed E-state index contributed by atoms with van der Waals surface area (Å²) >= 11 is 1.52. The Hall–Kier alpha value is 0.220. The summed E-state index contributed by atoms with van der Waals surface area (Å²) in [4.78, 5) is 0. The molecule has 1 unspecified atom stereocenters. The third-order valence-electron chi connectivity index (χ3n) is 1.92. The van der Waals surface area contributed by atoms with Gasteiger partial charge in [0.25, 0.3) is 0 Å². The average Bonchev–Trinajstić information content (AvgIpc) is 2.35. The fraction of sp³-hybridized carbons (Fsp3) is 1.00. The maximum atomic E-state index is 11.5. The molecule has 1 heterocycles. The Morgan fingerprint density at radius 1 is 1.50 bits per heavy atom. The van der Waals surface area contributed by atoms with Crippen molar-refractivity contribution in [3.05, 3.63) is 0 Å². The molecule has 72 valence electrons. The predicted molar refractivity (Wildman–Crippen MR) is 51.4 cm³/mol. The number of hydrogen-bond acceptors (Lipinski definition) is 4. The molecule has 0 aromatic rings. The third-order valence-corrected chi connectivity index (χ3v) is 5.57. The van der Waals surface area contributed by atoms with E-state index in [9.17, 15) is 8.42 Å². The van der Waals surface area contributed by atoms with Crippen molar-refractivity contribution in [3.8, 4) is 0 Å². The van der Waals surface area contributed by atoms with Crippen LogP contribution in [-0.4, -0.2) is 43.2 Å². The lowest BCUT2D eigenvalue weighted by Gasteiger charge is -2.16. The Bertz CT molecular complexity index is 250. The molecular formula is C6H14N2O2S2. The summed E-state index contributed by atoms with van der Waals surface area (Å²) in [5.74, 6) is 0.627. The van der Waals surface area contributed by atoms with Gasteiger partial charge in [-0.1, -0.05) is 0 Å². The molecule has 0 spiro atoms. The quantitative estimate of drug-likeness (QED) is 0.678. The van der Waals surface area contributed by atoms with Gasteiger partial charge in [-0.05, 0) is 6.42 Å². The van der Waals surface area contributed by atoms with Crippen LogP contribution in [0.15, 0.2) is 0 Å². The van der Waals surface area contributed by atoms with Crippen LogP contribution in [0.1, 0.15) is 6.42 Å². The van der Waals surface area contributed by atoms with Gasteiger partial charge in [0.1, 0.15) is 0 Å². The SMILES string of the molecule is CN(C)S(=O)(=O)C1CS[C@H](N)C1. The highest BCUT2D eigenvalue weighted by Crippen LogP contribution is 2.28. The minimum Gasteiger partial charge on any atom is -0.319 e. The van der Waals surface area contributed by atoms with E-state index in [2.05, 4.69) is 0 Å². The maximum absolute atomic E-state index is 11.5. The normalized spacial score (nSPS) is 31.3. The summed E-state index contributed by atoms with van der Waals surface area (Å²) in [7, 11) is 0.0417. The van der Waals surface area contributed by atoms with E-state index < -0.39 is 10.0 Å². The number of rotatable bonds is 2. The molecule has 1 saturated heterocycles. The highest BCUT2D eigenvalue weighted by Gasteiger charge is 2.34. The molecule has 0 saturated carbocycles. The largest absolute Gasteiger partial charge is 0.319 e. The van der Waals surface area contributed by atoms with Crippen molar-refractivity contribution >= 4 is 21.8 Å². The third kappa shape index (κ3) is 1.93. The minimum absolute atomic E-state index is 0.00951. The van der Waals surface area contributed by atoms with Crippen LogP contribution >= 0.6 is 11.8 Å². The van der Waals surface area contributed by atoms with Crippen molar-refractivity contribution in [1.82, 2.24) is 4.31 Å². The van der Waals surface area contributed by atoms with Crippen LogP contribution in [0, 0.1) is 0 Å². The molecule has 6 heteroatoms. The fourth-order valence-electron chi connectivity index (χ4n) is 1.13. The van der Waals surface area contributed by atoms with E-state index in [1.807, 2.05) is 0 Å². The Balaban J connectivity index is 2.71. The van der Waals surface area contributed by atoms with Crippen LogP contribution in [0.3, 0.4) is 0 Å². The van der Waals surface area contributed by atoms with Gasteiger partial charge in [-0.25, -0.2) is 12.7 Å². The molecule has 1 aliphatic rings. The van der Waals surface area contributed by atoms with Crippen LogP contribution in [0.4, 0.5) is 0 Å². The summed E-state index contributed by atoms with van der Waals surface area (Å²) in [5, 5.41) is -0.294. The van der Waals surface area contributed by atoms with Crippen molar-refractivity contribution in [2.24, 2.45) is 5.73 Å². The second kappa shape index (κ2) is 3.53. The molecule has 0 radical (unpaired) electrons. The van der Waals surface area contributed by atoms with E-state index in [1.165, 1.54) is 16.1 Å². The Labute approximate surface area is 77.5 Å². The molecule has 0 aromatic heterocycles. The molecule has 2 N–H and O–H groups in total. The van der Waals surface area contributed by atoms with Gasteiger partial charge in [-0.2, -0.15) is 0 Å². The molecule has 0 amide bonds. The van der Waals surface area contributed by atoms with Crippen molar-refractivity contribution in [3.63, 3.8) is 0 Å². The number of thioether (sulfide) groups is 1. The number of sulfonamides is 1. The zero-order chi connectivity index (χ0) is 9.35. The van der Waals surface area contributed by atoms with Crippen LogP contribution < -0.4 is 5.73 Å². The number of nitrogens with two attached hydrogens (primary N) is 1. The molecule has 1 aliphatic heterocycles. The summed E-state index contributed by atoms with van der Waals surface area (Å²) in [6, 6.07) is 0. The number of nitrogens with zero attached hydrogens (tertiary/aromatic N) is 1. The van der Waals surface area contributed by atoms with E-state index in [4.69, 9.17) is 5.73 Å². The molecule has 0 aromatic carbocycles. The molecule has 0 aliphatic carbocycles. The van der Waals surface area contributed by atoms with Crippen molar-refractivity contribution in [2.75, 3.05) is 19.8 Å². The highest BCUT2D eigenvalue weighted by molar-refractivity contribution is 8.01. The fourth-order valence-corrected chi connectivity index (χ4v) is 4.19. The summed E-state index contributed by atoms with van der Waals surface area (Å²) in [6.07, 6.45) is 0.575. The summed E-state index contributed by atoms with van der Waals surface area (Å²) < 4.78 is 24.3. The second-order valence-electron chi connectivity index (χ2n) is 3.06. The van der Waals surface area contributed by atoms with Gasteiger partial charge in [0.2, 0.25) is 10.0 Å². The van der Waals surface area contributed by atoms with Crippen molar-refractivity contribution in [2.45, 2.75) is 17.0 Å². The molecule has 12 heavy (non-hydrogen) atoms. The molecule has 2 atom stereocenters. The van der Waals surface area contributed by atoms with E-state index in [-0.39, 0.29) is 10.6 Å². The molecule has 0 bridgehead atoms. The van der Waals surface area contributed by atoms with Crippen molar-refractivity contribution < 1.29 is 8.42 Å². The zero-order valence-corrected chi connectivity index (χ0v) is 8.86. The lowest BCUT2D eigenvalue weighted by Crippen LogP contribution is -2.34. The Morgan fingerprint density at radius 2 is 2.08 bits per heavy atom. The van der Waals surface area contributed by atoms with Gasteiger partial charge < -0.3 is 5.73 Å². The lowest BCUT2D eigenvalue weighted by molar-refractivity contribution is 0.506. The first-order valence-corrected chi connectivity index (χ1v) is 6.28. The first-order valence-electron chi connectivity index (χ1n) is 3.73. The van der Waals surface area contributed by atoms with Crippen LogP contribution in [0.2, 0.25) is 0 Å². The van der Waals surface area contributed by atoms with Gasteiger partial charge in [-0.15, -0.1) is 11.8 Å². The molecule has 4 nitrogen and oxygen atoms in total. The Morgan fingerprint density at radius 3 is 2.42 bits per heavy atom. The van der Waals surface area contributed by atoms with E-state index >= 15 is 0 Å². The number of hydrogen-bond donors (Lipinski definition) is 1. The van der Waals surface area contributed by atoms with E-state index in [0.29, 0.717) is 12.2 Å². The van der Waals surface area contributed by atoms with Gasteiger partial charge in [0, 0.05) is 19.8 Å². The summed E-state index contributed by atoms with van der Waals surface area (Å²) in [5.41, 5.74) is 5.60. The second-order valence-corrected chi connectivity index (χ2v) is 6.76. The molecule has 1 fully saturated rings. The monoisotopic (exact) mass is 210 g/mol. The lowest BCUT2D eigenvalue weighted by atomic mass is 10.3. The van der Waals surface area contributed by atoms with Gasteiger partial charge in [-0.3, -0.25) is 0 Å². The van der Waals surface area contributed by atoms with Crippen LogP contribution in [-0.2, 0) is 10.0 Å². The first kappa shape index (κ1) is 10.3. The minimum atomic E-state index is -3.08. The predicted octanol–water partition coefficient (Wildman–Crippen LogP) is -0.332. The Kier molecular flexibility index (Phi) is 3.03. The highest BCUT2D eigenvalue weighted by atomic mass is 32.2. The van der Waals surface area contributed by atoms with Crippen LogP contribution in [0.25, 0.3) is 0 Å². The van der Waals surface area contributed by atoms with Gasteiger partial charge >= 0.3 is 0 Å². The maximum Gasteiger partial charge on any atom is 0.217 e. The first-order chi connectivity index (χ1) is 5.44. The van der Waals surface area contributed by atoms with E-state index in [1.54, 1.807) is 14.1 Å².